The van der Waals surface area contributed by atoms with E-state index < -0.39 is 0 Å². The molecule has 0 aromatic carbocycles. The molecule has 1 aromatic rings. The molecule has 2 nitrogen and oxygen atoms in total. The fourth-order valence-corrected chi connectivity index (χ4v) is 3.31. The lowest BCUT2D eigenvalue weighted by Gasteiger charge is -2.29. The molecule has 0 saturated carbocycles. The van der Waals surface area contributed by atoms with E-state index in [0.29, 0.717) is 24.3 Å². The molecule has 82 valence electrons. The van der Waals surface area contributed by atoms with Crippen LogP contribution in [0, 0.1) is 5.92 Å². The van der Waals surface area contributed by atoms with Gasteiger partial charge in [0.15, 0.2) is 0 Å². The summed E-state index contributed by atoms with van der Waals surface area (Å²) in [6, 6.07) is 4.70. The third kappa shape index (κ3) is 2.29. The van der Waals surface area contributed by atoms with Gasteiger partial charge in [-0.15, -0.1) is 11.3 Å². The van der Waals surface area contributed by atoms with E-state index in [-0.39, 0.29) is 0 Å². The minimum atomic E-state index is 0.386. The highest BCUT2D eigenvalue weighted by Crippen LogP contribution is 2.33. The average Bonchev–Trinajstić information content (AvgIpc) is 2.77. The Morgan fingerprint density at radius 1 is 1.47 bits per heavy atom. The van der Waals surface area contributed by atoms with E-state index in [0.717, 1.165) is 13.0 Å². The minimum Gasteiger partial charge on any atom is -0.298 e. The molecule has 0 amide bonds. The van der Waals surface area contributed by atoms with Crippen molar-refractivity contribution in [3.8, 4) is 0 Å². The number of rotatable bonds is 3. The van der Waals surface area contributed by atoms with Gasteiger partial charge in [-0.2, -0.15) is 0 Å². The molecular weight excluding hydrogens is 206 g/mol. The van der Waals surface area contributed by atoms with E-state index in [1.807, 2.05) is 0 Å². The van der Waals surface area contributed by atoms with Gasteiger partial charge in [-0.05, 0) is 17.4 Å². The van der Waals surface area contributed by atoms with E-state index in [1.54, 1.807) is 11.3 Å². The Balaban J connectivity index is 2.17. The van der Waals surface area contributed by atoms with Crippen LogP contribution in [0.5, 0.6) is 0 Å². The summed E-state index contributed by atoms with van der Waals surface area (Å²) >= 11 is 1.79. The zero-order valence-corrected chi connectivity index (χ0v) is 10.1. The lowest BCUT2D eigenvalue weighted by Crippen LogP contribution is -2.29. The molecule has 15 heavy (non-hydrogen) atoms. The van der Waals surface area contributed by atoms with Crippen molar-refractivity contribution in [2.45, 2.75) is 26.3 Å². The van der Waals surface area contributed by atoms with Gasteiger partial charge in [0.25, 0.3) is 0 Å². The van der Waals surface area contributed by atoms with Gasteiger partial charge in [-0.1, -0.05) is 19.9 Å². The highest BCUT2D eigenvalue weighted by molar-refractivity contribution is 7.10. The van der Waals surface area contributed by atoms with Crippen molar-refractivity contribution in [2.75, 3.05) is 13.1 Å². The molecule has 2 heterocycles. The summed E-state index contributed by atoms with van der Waals surface area (Å²) in [4.78, 5) is 15.0. The predicted octanol–water partition coefficient (Wildman–Crippen LogP) is 2.72. The number of hydrogen-bond acceptors (Lipinski definition) is 3. The van der Waals surface area contributed by atoms with Gasteiger partial charge in [0.05, 0.1) is 6.54 Å². The van der Waals surface area contributed by atoms with Gasteiger partial charge in [0.2, 0.25) is 0 Å². The van der Waals surface area contributed by atoms with Gasteiger partial charge < -0.3 is 0 Å². The highest BCUT2D eigenvalue weighted by Gasteiger charge is 2.30. The first kappa shape index (κ1) is 10.8. The summed E-state index contributed by atoms with van der Waals surface area (Å²) in [5, 5.41) is 2.11. The van der Waals surface area contributed by atoms with Crippen LogP contribution in [-0.2, 0) is 4.79 Å². The van der Waals surface area contributed by atoms with Crippen molar-refractivity contribution in [3.63, 3.8) is 0 Å². The molecule has 0 bridgehead atoms. The second kappa shape index (κ2) is 4.45. The molecular formula is C12H17NOS. The Labute approximate surface area is 94.9 Å². The van der Waals surface area contributed by atoms with Crippen molar-refractivity contribution >= 4 is 17.1 Å². The van der Waals surface area contributed by atoms with Crippen molar-refractivity contribution in [1.29, 1.82) is 0 Å². The maximum absolute atomic E-state index is 11.3. The first-order valence-corrected chi connectivity index (χ1v) is 6.35. The number of ketones is 1. The summed E-state index contributed by atoms with van der Waals surface area (Å²) in [7, 11) is 0. The molecule has 0 aliphatic carbocycles. The molecule has 1 aliphatic heterocycles. The Bertz CT molecular complexity index is 331. The fourth-order valence-electron chi connectivity index (χ4n) is 2.28. The van der Waals surface area contributed by atoms with E-state index in [1.165, 1.54) is 4.88 Å². The Hall–Kier alpha value is -0.670. The normalized spacial score (nSPS) is 20.1. The maximum atomic E-state index is 11.3. The molecule has 2 rings (SSSR count). The summed E-state index contributed by atoms with van der Waals surface area (Å²) < 4.78 is 0. The van der Waals surface area contributed by atoms with E-state index in [2.05, 4.69) is 36.3 Å². The smallest absolute Gasteiger partial charge is 0.148 e. The lowest BCUT2D eigenvalue weighted by molar-refractivity contribution is -0.117. The summed E-state index contributed by atoms with van der Waals surface area (Å²) in [5.41, 5.74) is 0. The van der Waals surface area contributed by atoms with Gasteiger partial charge in [0.1, 0.15) is 5.78 Å². The SMILES string of the molecule is CC(C)C(c1cccs1)N1CCC(=O)C1. The van der Waals surface area contributed by atoms with Crippen LogP contribution in [0.2, 0.25) is 0 Å². The third-order valence-corrected chi connectivity index (χ3v) is 3.86. The number of likely N-dealkylation sites (tertiary alicyclic amines) is 1. The van der Waals surface area contributed by atoms with E-state index in [4.69, 9.17) is 0 Å². The molecule has 3 heteroatoms. The predicted molar refractivity (Wildman–Crippen MR) is 63.1 cm³/mol. The van der Waals surface area contributed by atoms with Gasteiger partial charge in [-0.25, -0.2) is 0 Å². The number of nitrogens with zero attached hydrogens (tertiary/aromatic N) is 1. The molecule has 1 saturated heterocycles. The van der Waals surface area contributed by atoms with Crippen molar-refractivity contribution in [1.82, 2.24) is 4.90 Å². The number of thiophene rings is 1. The van der Waals surface area contributed by atoms with Crippen LogP contribution in [0.15, 0.2) is 17.5 Å². The fraction of sp³-hybridized carbons (Fsp3) is 0.583. The van der Waals surface area contributed by atoms with E-state index >= 15 is 0 Å². The Kier molecular flexibility index (Phi) is 3.22. The lowest BCUT2D eigenvalue weighted by atomic mass is 10.0. The topological polar surface area (TPSA) is 20.3 Å². The van der Waals surface area contributed by atoms with Crippen molar-refractivity contribution < 1.29 is 4.79 Å². The molecule has 1 aromatic heterocycles. The van der Waals surface area contributed by atoms with Crippen LogP contribution in [0.3, 0.4) is 0 Å². The highest BCUT2D eigenvalue weighted by atomic mass is 32.1. The third-order valence-electron chi connectivity index (χ3n) is 2.92. The first-order chi connectivity index (χ1) is 7.18. The van der Waals surface area contributed by atoms with Gasteiger partial charge in [0, 0.05) is 23.9 Å². The van der Waals surface area contributed by atoms with Crippen LogP contribution in [0.25, 0.3) is 0 Å². The number of carbonyl (C=O) groups excluding carboxylic acids is 1. The molecule has 1 unspecified atom stereocenters. The van der Waals surface area contributed by atoms with E-state index in [9.17, 15) is 4.79 Å². The Morgan fingerprint density at radius 2 is 2.27 bits per heavy atom. The monoisotopic (exact) mass is 223 g/mol. The van der Waals surface area contributed by atoms with Crippen molar-refractivity contribution in [2.24, 2.45) is 5.92 Å². The number of carbonyl (C=O) groups is 1. The summed E-state index contributed by atoms with van der Waals surface area (Å²) in [5.74, 6) is 0.951. The van der Waals surface area contributed by atoms with Crippen LogP contribution >= 0.6 is 11.3 Å². The molecule has 0 N–H and O–H groups in total. The molecule has 1 atom stereocenters. The van der Waals surface area contributed by atoms with Crippen molar-refractivity contribution in [3.05, 3.63) is 22.4 Å². The van der Waals surface area contributed by atoms with Crippen LogP contribution in [-0.4, -0.2) is 23.8 Å². The summed E-state index contributed by atoms with van der Waals surface area (Å²) in [6.45, 7) is 6.03. The molecule has 1 aliphatic rings. The molecule has 0 spiro atoms. The molecule has 0 radical (unpaired) electrons. The first-order valence-electron chi connectivity index (χ1n) is 5.47. The van der Waals surface area contributed by atoms with Crippen LogP contribution < -0.4 is 0 Å². The van der Waals surface area contributed by atoms with Crippen LogP contribution in [0.1, 0.15) is 31.2 Å². The zero-order valence-electron chi connectivity index (χ0n) is 9.27. The average molecular weight is 223 g/mol. The second-order valence-corrected chi connectivity index (χ2v) is 5.44. The minimum absolute atomic E-state index is 0.386. The number of Topliss-reactive ketones (excluding diaryl/α,β-unsaturated/α-hetero) is 1. The van der Waals surface area contributed by atoms with Gasteiger partial charge in [-0.3, -0.25) is 9.69 Å². The standard InChI is InChI=1S/C12H17NOS/c1-9(2)12(11-4-3-7-15-11)13-6-5-10(14)8-13/h3-4,7,9,12H,5-6,8H2,1-2H3. The summed E-state index contributed by atoms with van der Waals surface area (Å²) in [6.07, 6.45) is 0.731. The largest absolute Gasteiger partial charge is 0.298 e. The molecule has 1 fully saturated rings. The Morgan fingerprint density at radius 3 is 2.73 bits per heavy atom. The number of hydrogen-bond donors (Lipinski definition) is 0. The second-order valence-electron chi connectivity index (χ2n) is 4.46. The quantitative estimate of drug-likeness (QED) is 0.785. The maximum Gasteiger partial charge on any atom is 0.148 e. The van der Waals surface area contributed by atoms with Gasteiger partial charge >= 0.3 is 0 Å². The van der Waals surface area contributed by atoms with Crippen LogP contribution in [0.4, 0.5) is 0 Å². The zero-order chi connectivity index (χ0) is 10.8.